The first kappa shape index (κ1) is 18.4. The Hall–Kier alpha value is -2.00. The molecule has 1 aliphatic heterocycles. The van der Waals surface area contributed by atoms with Crippen molar-refractivity contribution in [3.05, 3.63) is 64.2 Å². The van der Waals surface area contributed by atoms with Crippen LogP contribution in [0.5, 0.6) is 0 Å². The molecule has 1 fully saturated rings. The Morgan fingerprint density at radius 2 is 1.93 bits per heavy atom. The summed E-state index contributed by atoms with van der Waals surface area (Å²) in [5, 5.41) is 4.24. The van der Waals surface area contributed by atoms with Crippen LogP contribution in [0.3, 0.4) is 0 Å². The molecule has 0 amide bonds. The molecule has 10 heteroatoms. The first-order valence-corrected chi connectivity index (χ1v) is 10.1. The molecule has 6 nitrogen and oxygen atoms in total. The third-order valence-corrected chi connectivity index (χ3v) is 6.60. The van der Waals surface area contributed by atoms with E-state index in [1.54, 1.807) is 24.3 Å². The van der Waals surface area contributed by atoms with E-state index in [0.717, 1.165) is 12.1 Å². The van der Waals surface area contributed by atoms with E-state index in [2.05, 4.69) is 10.1 Å². The molecule has 0 radical (unpaired) electrons. The number of nitrogens with zero attached hydrogens (tertiary/aromatic N) is 3. The van der Waals surface area contributed by atoms with Crippen LogP contribution >= 0.6 is 23.2 Å². The molecule has 140 valence electrons. The number of benzene rings is 2. The van der Waals surface area contributed by atoms with Gasteiger partial charge in [0.1, 0.15) is 5.82 Å². The maximum atomic E-state index is 13.3. The highest BCUT2D eigenvalue weighted by Gasteiger charge is 2.40. The molecule has 0 unspecified atom stereocenters. The Balaban J connectivity index is 1.49. The smallest absolute Gasteiger partial charge is 0.243 e. The molecule has 1 aromatic heterocycles. The molecule has 2 aromatic carbocycles. The molecule has 0 atom stereocenters. The molecule has 0 N–H and O–H groups in total. The molecular formula is C17H12Cl2FN3O3S. The minimum Gasteiger partial charge on any atom is -0.339 e. The van der Waals surface area contributed by atoms with Gasteiger partial charge in [-0.2, -0.15) is 9.29 Å². The van der Waals surface area contributed by atoms with Crippen LogP contribution in [0.15, 0.2) is 51.9 Å². The summed E-state index contributed by atoms with van der Waals surface area (Å²) in [7, 11) is -3.76. The summed E-state index contributed by atoms with van der Waals surface area (Å²) in [5.74, 6) is -0.139. The Bertz CT molecular complexity index is 1110. The van der Waals surface area contributed by atoms with Crippen LogP contribution in [0.2, 0.25) is 10.0 Å². The average Bonchev–Trinajstić information content (AvgIpc) is 3.05. The SMILES string of the molecule is O=S(=O)(c1ccc(F)c(Cl)c1)N1CC(c2nc(-c3cccc(Cl)c3)no2)C1. The van der Waals surface area contributed by atoms with Crippen LogP contribution in [-0.2, 0) is 10.0 Å². The molecule has 27 heavy (non-hydrogen) atoms. The summed E-state index contributed by atoms with van der Waals surface area (Å²) in [6.45, 7) is 0.378. The number of aromatic nitrogens is 2. The predicted octanol–water partition coefficient (Wildman–Crippen LogP) is 3.97. The summed E-state index contributed by atoms with van der Waals surface area (Å²) in [5.41, 5.74) is 0.710. The van der Waals surface area contributed by atoms with Gasteiger partial charge in [-0.05, 0) is 30.3 Å². The Morgan fingerprint density at radius 1 is 1.15 bits per heavy atom. The van der Waals surface area contributed by atoms with Crippen molar-refractivity contribution in [2.24, 2.45) is 0 Å². The molecule has 1 aliphatic rings. The molecule has 4 rings (SSSR count). The Labute approximate surface area is 164 Å². The van der Waals surface area contributed by atoms with Crippen molar-refractivity contribution >= 4 is 33.2 Å². The van der Waals surface area contributed by atoms with Crippen molar-refractivity contribution in [1.82, 2.24) is 14.4 Å². The molecule has 1 saturated heterocycles. The maximum absolute atomic E-state index is 13.3. The number of hydrogen-bond acceptors (Lipinski definition) is 5. The highest BCUT2D eigenvalue weighted by molar-refractivity contribution is 7.89. The molecule has 0 bridgehead atoms. The first-order valence-electron chi connectivity index (χ1n) is 7.89. The standard InChI is InChI=1S/C17H12Cl2FN3O3S/c18-12-3-1-2-10(6-12)16-21-17(26-22-16)11-8-23(9-11)27(24,25)13-4-5-15(20)14(19)7-13/h1-7,11H,8-9H2. The number of rotatable bonds is 4. The fourth-order valence-electron chi connectivity index (χ4n) is 2.72. The van der Waals surface area contributed by atoms with E-state index in [4.69, 9.17) is 27.7 Å². The fourth-order valence-corrected chi connectivity index (χ4v) is 4.72. The molecule has 0 spiro atoms. The second-order valence-electron chi connectivity index (χ2n) is 6.06. The lowest BCUT2D eigenvalue weighted by Gasteiger charge is -2.35. The Morgan fingerprint density at radius 3 is 2.63 bits per heavy atom. The summed E-state index contributed by atoms with van der Waals surface area (Å²) in [4.78, 5) is 4.27. The minimum atomic E-state index is -3.76. The van der Waals surface area contributed by atoms with E-state index in [0.29, 0.717) is 22.3 Å². The van der Waals surface area contributed by atoms with Crippen LogP contribution in [0.25, 0.3) is 11.4 Å². The lowest BCUT2D eigenvalue weighted by Crippen LogP contribution is -2.48. The summed E-state index contributed by atoms with van der Waals surface area (Å²) in [6.07, 6.45) is 0. The lowest BCUT2D eigenvalue weighted by atomic mass is 10.0. The van der Waals surface area contributed by atoms with Gasteiger partial charge in [0.05, 0.1) is 15.8 Å². The van der Waals surface area contributed by atoms with Gasteiger partial charge in [0, 0.05) is 23.7 Å². The quantitative estimate of drug-likeness (QED) is 0.629. The van der Waals surface area contributed by atoms with Crippen LogP contribution in [0.1, 0.15) is 11.8 Å². The van der Waals surface area contributed by atoms with Crippen molar-refractivity contribution < 1.29 is 17.3 Å². The summed E-state index contributed by atoms with van der Waals surface area (Å²) < 4.78 is 44.9. The second kappa shape index (κ2) is 6.87. The van der Waals surface area contributed by atoms with Gasteiger partial charge < -0.3 is 4.52 Å². The fraction of sp³-hybridized carbons (Fsp3) is 0.176. The zero-order valence-corrected chi connectivity index (χ0v) is 16.0. The topological polar surface area (TPSA) is 76.3 Å². The number of sulfonamides is 1. The second-order valence-corrected chi connectivity index (χ2v) is 8.84. The highest BCUT2D eigenvalue weighted by Crippen LogP contribution is 2.33. The van der Waals surface area contributed by atoms with Gasteiger partial charge in [0.25, 0.3) is 0 Å². The Kier molecular flexibility index (Phi) is 4.67. The normalized spacial score (nSPS) is 15.7. The molecular weight excluding hydrogens is 416 g/mol. The van der Waals surface area contributed by atoms with Crippen LogP contribution in [0, 0.1) is 5.82 Å². The third kappa shape index (κ3) is 3.45. The molecule has 0 saturated carbocycles. The third-order valence-electron chi connectivity index (χ3n) is 4.25. The lowest BCUT2D eigenvalue weighted by molar-refractivity contribution is 0.217. The summed E-state index contributed by atoms with van der Waals surface area (Å²) >= 11 is 11.6. The van der Waals surface area contributed by atoms with Gasteiger partial charge in [-0.25, -0.2) is 12.8 Å². The van der Waals surface area contributed by atoms with E-state index < -0.39 is 15.8 Å². The van der Waals surface area contributed by atoms with Crippen molar-refractivity contribution in [2.75, 3.05) is 13.1 Å². The van der Waals surface area contributed by atoms with Gasteiger partial charge in [-0.1, -0.05) is 40.5 Å². The summed E-state index contributed by atoms with van der Waals surface area (Å²) in [6, 6.07) is 10.4. The first-order chi connectivity index (χ1) is 12.8. The van der Waals surface area contributed by atoms with E-state index in [-0.39, 0.29) is 28.9 Å². The monoisotopic (exact) mass is 427 g/mol. The minimum absolute atomic E-state index is 0.0579. The van der Waals surface area contributed by atoms with Crippen LogP contribution in [0.4, 0.5) is 4.39 Å². The van der Waals surface area contributed by atoms with Crippen molar-refractivity contribution in [3.63, 3.8) is 0 Å². The average molecular weight is 428 g/mol. The van der Waals surface area contributed by atoms with Crippen LogP contribution < -0.4 is 0 Å². The van der Waals surface area contributed by atoms with Gasteiger partial charge in [0.15, 0.2) is 0 Å². The zero-order valence-electron chi connectivity index (χ0n) is 13.6. The number of halogens is 3. The van der Waals surface area contributed by atoms with Gasteiger partial charge in [0.2, 0.25) is 21.7 Å². The van der Waals surface area contributed by atoms with E-state index in [9.17, 15) is 12.8 Å². The van der Waals surface area contributed by atoms with E-state index in [1.807, 2.05) is 0 Å². The maximum Gasteiger partial charge on any atom is 0.243 e. The van der Waals surface area contributed by atoms with Crippen LogP contribution in [-0.4, -0.2) is 36.0 Å². The van der Waals surface area contributed by atoms with Crippen molar-refractivity contribution in [1.29, 1.82) is 0 Å². The van der Waals surface area contributed by atoms with Gasteiger partial charge >= 0.3 is 0 Å². The van der Waals surface area contributed by atoms with Crippen molar-refractivity contribution in [3.8, 4) is 11.4 Å². The molecule has 0 aliphatic carbocycles. The predicted molar refractivity (Wildman–Crippen MR) is 97.7 cm³/mol. The zero-order chi connectivity index (χ0) is 19.2. The largest absolute Gasteiger partial charge is 0.339 e. The number of hydrogen-bond donors (Lipinski definition) is 0. The molecule has 2 heterocycles. The highest BCUT2D eigenvalue weighted by atomic mass is 35.5. The van der Waals surface area contributed by atoms with Gasteiger partial charge in [-0.3, -0.25) is 0 Å². The molecule has 3 aromatic rings. The van der Waals surface area contributed by atoms with E-state index >= 15 is 0 Å². The van der Waals surface area contributed by atoms with E-state index in [1.165, 1.54) is 10.4 Å². The van der Waals surface area contributed by atoms with Crippen molar-refractivity contribution in [2.45, 2.75) is 10.8 Å². The van der Waals surface area contributed by atoms with Gasteiger partial charge in [-0.15, -0.1) is 0 Å².